The van der Waals surface area contributed by atoms with E-state index in [9.17, 15) is 14.7 Å². The van der Waals surface area contributed by atoms with Crippen LogP contribution in [0.2, 0.25) is 10.0 Å². The molecule has 0 atom stereocenters. The van der Waals surface area contributed by atoms with E-state index in [0.29, 0.717) is 40.2 Å². The third kappa shape index (κ3) is 4.19. The van der Waals surface area contributed by atoms with Gasteiger partial charge < -0.3 is 10.0 Å². The van der Waals surface area contributed by atoms with Gasteiger partial charge in [-0.1, -0.05) is 41.4 Å². The molecule has 0 aliphatic carbocycles. The number of hydrogen-bond acceptors (Lipinski definition) is 2. The van der Waals surface area contributed by atoms with Gasteiger partial charge in [0, 0.05) is 18.7 Å². The van der Waals surface area contributed by atoms with Crippen molar-refractivity contribution in [3.8, 4) is 0 Å². The molecule has 1 aliphatic rings. The summed E-state index contributed by atoms with van der Waals surface area (Å²) >= 11 is 11.9. The number of benzene rings is 2. The summed E-state index contributed by atoms with van der Waals surface area (Å²) < 4.78 is 0. The lowest BCUT2D eigenvalue weighted by Crippen LogP contribution is -2.39. The number of nitrogens with zero attached hydrogens (tertiary/aromatic N) is 1. The fraction of sp³-hybridized carbons (Fsp3) is 0.300. The van der Waals surface area contributed by atoms with Crippen LogP contribution in [-0.2, 0) is 6.42 Å². The minimum atomic E-state index is -0.896. The van der Waals surface area contributed by atoms with Crippen LogP contribution in [0.15, 0.2) is 42.5 Å². The number of amides is 1. The lowest BCUT2D eigenvalue weighted by molar-refractivity contribution is 0.0690. The molecule has 1 fully saturated rings. The highest BCUT2D eigenvalue weighted by molar-refractivity contribution is 6.42. The minimum absolute atomic E-state index is 0.0482. The van der Waals surface area contributed by atoms with Crippen molar-refractivity contribution in [1.29, 1.82) is 0 Å². The van der Waals surface area contributed by atoms with Crippen molar-refractivity contribution in [2.45, 2.75) is 19.3 Å². The molecule has 0 saturated carbocycles. The van der Waals surface area contributed by atoms with Gasteiger partial charge in [-0.15, -0.1) is 0 Å². The fourth-order valence-corrected chi connectivity index (χ4v) is 3.67. The van der Waals surface area contributed by atoms with Crippen LogP contribution in [0.4, 0.5) is 0 Å². The molecule has 0 radical (unpaired) electrons. The van der Waals surface area contributed by atoms with Gasteiger partial charge in [-0.2, -0.15) is 0 Å². The monoisotopic (exact) mass is 391 g/mol. The molecule has 4 nitrogen and oxygen atoms in total. The summed E-state index contributed by atoms with van der Waals surface area (Å²) in [6.07, 6.45) is 2.42. The molecule has 2 aromatic rings. The number of carbonyl (C=O) groups is 2. The summed E-state index contributed by atoms with van der Waals surface area (Å²) in [7, 11) is 0. The Labute approximate surface area is 162 Å². The highest BCUT2D eigenvalue weighted by atomic mass is 35.5. The summed E-state index contributed by atoms with van der Waals surface area (Å²) in [4.78, 5) is 25.8. The second-order valence-corrected chi connectivity index (χ2v) is 7.35. The fourth-order valence-electron chi connectivity index (χ4n) is 3.37. The minimum Gasteiger partial charge on any atom is -0.478 e. The molecule has 0 aromatic heterocycles. The second-order valence-electron chi connectivity index (χ2n) is 6.53. The van der Waals surface area contributed by atoms with Gasteiger partial charge in [-0.05, 0) is 55.0 Å². The standard InChI is InChI=1S/C20H19Cl2NO3/c21-17-6-5-15(12-18(17)22)19(24)23-9-7-13(8-10-23)11-14-3-1-2-4-16(14)20(25)26/h1-6,12-13H,7-11H2,(H,25,26). The van der Waals surface area contributed by atoms with Crippen molar-refractivity contribution in [3.05, 3.63) is 69.2 Å². The highest BCUT2D eigenvalue weighted by Crippen LogP contribution is 2.26. The quantitative estimate of drug-likeness (QED) is 0.814. The molecule has 0 bridgehead atoms. The number of aromatic carboxylic acids is 1. The lowest BCUT2D eigenvalue weighted by Gasteiger charge is -2.32. The van der Waals surface area contributed by atoms with E-state index in [4.69, 9.17) is 23.2 Å². The van der Waals surface area contributed by atoms with Gasteiger partial charge in [-0.25, -0.2) is 4.79 Å². The van der Waals surface area contributed by atoms with Gasteiger partial charge in [0.2, 0.25) is 0 Å². The number of carboxylic acids is 1. The largest absolute Gasteiger partial charge is 0.478 e. The molecular formula is C20H19Cl2NO3. The third-order valence-corrected chi connectivity index (χ3v) is 5.56. The molecule has 3 rings (SSSR count). The van der Waals surface area contributed by atoms with Crippen LogP contribution in [0.5, 0.6) is 0 Å². The average molecular weight is 392 g/mol. The third-order valence-electron chi connectivity index (χ3n) is 4.82. The topological polar surface area (TPSA) is 57.6 Å². The number of halogens is 2. The molecule has 1 saturated heterocycles. The Morgan fingerprint density at radius 1 is 1.04 bits per heavy atom. The van der Waals surface area contributed by atoms with E-state index in [1.165, 1.54) is 0 Å². The van der Waals surface area contributed by atoms with Crippen molar-refractivity contribution in [2.75, 3.05) is 13.1 Å². The van der Waals surface area contributed by atoms with Crippen LogP contribution in [0, 0.1) is 5.92 Å². The summed E-state index contributed by atoms with van der Waals surface area (Å²) in [5.74, 6) is -0.575. The molecule has 6 heteroatoms. The van der Waals surface area contributed by atoms with Gasteiger partial charge >= 0.3 is 5.97 Å². The predicted octanol–water partition coefficient (Wildman–Crippen LogP) is 4.79. The van der Waals surface area contributed by atoms with E-state index in [1.54, 1.807) is 30.3 Å². The van der Waals surface area contributed by atoms with Crippen molar-refractivity contribution in [1.82, 2.24) is 4.90 Å². The van der Waals surface area contributed by atoms with Crippen LogP contribution in [0.1, 0.15) is 39.1 Å². The summed E-state index contributed by atoms with van der Waals surface area (Å²) in [6.45, 7) is 1.30. The van der Waals surface area contributed by atoms with E-state index in [0.717, 1.165) is 24.8 Å². The van der Waals surface area contributed by atoms with Crippen molar-refractivity contribution >= 4 is 35.1 Å². The zero-order valence-corrected chi connectivity index (χ0v) is 15.6. The zero-order valence-electron chi connectivity index (χ0n) is 14.1. The maximum Gasteiger partial charge on any atom is 0.335 e. The first-order chi connectivity index (χ1) is 12.5. The van der Waals surface area contributed by atoms with Crippen LogP contribution in [0.3, 0.4) is 0 Å². The number of rotatable bonds is 4. The number of piperidine rings is 1. The molecule has 0 spiro atoms. The molecule has 1 N–H and O–H groups in total. The molecule has 2 aromatic carbocycles. The van der Waals surface area contributed by atoms with E-state index in [2.05, 4.69) is 0 Å². The SMILES string of the molecule is O=C(O)c1ccccc1CC1CCN(C(=O)c2ccc(Cl)c(Cl)c2)CC1. The average Bonchev–Trinajstić information content (AvgIpc) is 2.64. The molecule has 1 heterocycles. The van der Waals surface area contributed by atoms with Gasteiger partial charge in [0.25, 0.3) is 5.91 Å². The first-order valence-electron chi connectivity index (χ1n) is 8.51. The van der Waals surface area contributed by atoms with Crippen LogP contribution < -0.4 is 0 Å². The first kappa shape index (κ1) is 18.7. The Kier molecular flexibility index (Phi) is 5.84. The van der Waals surface area contributed by atoms with Crippen LogP contribution in [0.25, 0.3) is 0 Å². The number of carboxylic acid groups (broad SMARTS) is 1. The molecule has 26 heavy (non-hydrogen) atoms. The number of carbonyl (C=O) groups excluding carboxylic acids is 1. The predicted molar refractivity (Wildman–Crippen MR) is 102 cm³/mol. The Morgan fingerprint density at radius 3 is 2.38 bits per heavy atom. The van der Waals surface area contributed by atoms with Gasteiger partial charge in [-0.3, -0.25) is 4.79 Å². The number of likely N-dealkylation sites (tertiary alicyclic amines) is 1. The van der Waals surface area contributed by atoms with Gasteiger partial charge in [0.15, 0.2) is 0 Å². The van der Waals surface area contributed by atoms with Gasteiger partial charge in [0.05, 0.1) is 15.6 Å². The zero-order chi connectivity index (χ0) is 18.7. The normalized spacial score (nSPS) is 15.1. The number of hydrogen-bond donors (Lipinski definition) is 1. The van der Waals surface area contributed by atoms with E-state index >= 15 is 0 Å². The Morgan fingerprint density at radius 2 is 1.73 bits per heavy atom. The van der Waals surface area contributed by atoms with E-state index in [-0.39, 0.29) is 5.91 Å². The molecule has 1 aliphatic heterocycles. The Balaban J connectivity index is 1.61. The summed E-state index contributed by atoms with van der Waals surface area (Å²) in [5, 5.41) is 10.1. The lowest BCUT2D eigenvalue weighted by atomic mass is 9.88. The Hall–Kier alpha value is -2.04. The second kappa shape index (κ2) is 8.11. The first-order valence-corrected chi connectivity index (χ1v) is 9.27. The summed E-state index contributed by atoms with van der Waals surface area (Å²) in [6, 6.07) is 12.0. The molecule has 1 amide bonds. The molecular weight excluding hydrogens is 373 g/mol. The Bertz CT molecular complexity index is 830. The summed E-state index contributed by atoms with van der Waals surface area (Å²) in [5.41, 5.74) is 1.75. The van der Waals surface area contributed by atoms with Gasteiger partial charge in [0.1, 0.15) is 0 Å². The van der Waals surface area contributed by atoms with Crippen molar-refractivity contribution in [2.24, 2.45) is 5.92 Å². The molecule has 0 unspecified atom stereocenters. The van der Waals surface area contributed by atoms with Crippen LogP contribution >= 0.6 is 23.2 Å². The van der Waals surface area contributed by atoms with E-state index in [1.807, 2.05) is 17.0 Å². The highest BCUT2D eigenvalue weighted by Gasteiger charge is 2.25. The maximum absolute atomic E-state index is 12.6. The molecule has 136 valence electrons. The van der Waals surface area contributed by atoms with Crippen LogP contribution in [-0.4, -0.2) is 35.0 Å². The van der Waals surface area contributed by atoms with Crippen molar-refractivity contribution < 1.29 is 14.7 Å². The smallest absolute Gasteiger partial charge is 0.335 e. The van der Waals surface area contributed by atoms with Crippen molar-refractivity contribution in [3.63, 3.8) is 0 Å². The van der Waals surface area contributed by atoms with E-state index < -0.39 is 5.97 Å². The maximum atomic E-state index is 12.6.